The molecule has 15 heavy (non-hydrogen) atoms. The van der Waals surface area contributed by atoms with Crippen LogP contribution in [-0.2, 0) is 4.84 Å². The summed E-state index contributed by atoms with van der Waals surface area (Å²) in [6.07, 6.45) is 5.00. The second-order valence-electron chi connectivity index (χ2n) is 3.06. The van der Waals surface area contributed by atoms with Crippen LogP contribution in [0.1, 0.15) is 18.9 Å². The maximum absolute atomic E-state index is 4.92. The maximum Gasteiger partial charge on any atom is 0.0713 e. The van der Waals surface area contributed by atoms with Crippen LogP contribution >= 0.6 is 11.8 Å². The Kier molecular flexibility index (Phi) is 6.16. The van der Waals surface area contributed by atoms with Gasteiger partial charge in [-0.05, 0) is 29.9 Å². The predicted octanol–water partition coefficient (Wildman–Crippen LogP) is 3.09. The van der Waals surface area contributed by atoms with Crippen molar-refractivity contribution in [2.75, 3.05) is 12.4 Å². The SMILES string of the molecule is CCSc1ccc(/C=C/CCON)cc1. The van der Waals surface area contributed by atoms with E-state index in [1.807, 2.05) is 11.8 Å². The van der Waals surface area contributed by atoms with E-state index in [0.29, 0.717) is 6.61 Å². The van der Waals surface area contributed by atoms with E-state index in [1.54, 1.807) is 0 Å². The van der Waals surface area contributed by atoms with Crippen LogP contribution in [0.25, 0.3) is 6.08 Å². The first-order valence-electron chi connectivity index (χ1n) is 5.08. The minimum absolute atomic E-state index is 0.570. The monoisotopic (exact) mass is 223 g/mol. The van der Waals surface area contributed by atoms with Crippen molar-refractivity contribution in [3.8, 4) is 0 Å². The molecular weight excluding hydrogens is 206 g/mol. The van der Waals surface area contributed by atoms with E-state index in [-0.39, 0.29) is 0 Å². The standard InChI is InChI=1S/C12H17NOS/c1-2-15-12-8-6-11(7-9-12)5-3-4-10-14-13/h3,5-9H,2,4,10,13H2,1H3/b5-3+. The van der Waals surface area contributed by atoms with Gasteiger partial charge in [0.15, 0.2) is 0 Å². The van der Waals surface area contributed by atoms with Gasteiger partial charge in [-0.3, -0.25) is 0 Å². The Morgan fingerprint density at radius 2 is 2.07 bits per heavy atom. The van der Waals surface area contributed by atoms with Crippen LogP contribution in [-0.4, -0.2) is 12.4 Å². The van der Waals surface area contributed by atoms with Crippen LogP contribution in [0.15, 0.2) is 35.2 Å². The molecule has 2 N–H and O–H groups in total. The van der Waals surface area contributed by atoms with Crippen LogP contribution in [0.5, 0.6) is 0 Å². The van der Waals surface area contributed by atoms with E-state index in [2.05, 4.69) is 48.2 Å². The van der Waals surface area contributed by atoms with Gasteiger partial charge in [-0.25, -0.2) is 5.90 Å². The fraction of sp³-hybridized carbons (Fsp3) is 0.333. The molecule has 0 spiro atoms. The summed E-state index contributed by atoms with van der Waals surface area (Å²) < 4.78 is 0. The predicted molar refractivity (Wildman–Crippen MR) is 66.6 cm³/mol. The molecule has 0 unspecified atom stereocenters. The van der Waals surface area contributed by atoms with Crippen LogP contribution < -0.4 is 5.90 Å². The van der Waals surface area contributed by atoms with Crippen LogP contribution in [0, 0.1) is 0 Å². The molecule has 1 aromatic carbocycles. The molecule has 0 saturated carbocycles. The molecule has 0 aliphatic carbocycles. The number of nitrogens with two attached hydrogens (primary N) is 1. The average Bonchev–Trinajstić information content (AvgIpc) is 2.27. The Bertz CT molecular complexity index is 295. The van der Waals surface area contributed by atoms with Gasteiger partial charge >= 0.3 is 0 Å². The summed E-state index contributed by atoms with van der Waals surface area (Å²) in [5, 5.41) is 0. The van der Waals surface area contributed by atoms with Crippen molar-refractivity contribution in [3.05, 3.63) is 35.9 Å². The van der Waals surface area contributed by atoms with Gasteiger partial charge in [-0.1, -0.05) is 31.2 Å². The fourth-order valence-corrected chi connectivity index (χ4v) is 1.86. The zero-order chi connectivity index (χ0) is 10.9. The summed E-state index contributed by atoms with van der Waals surface area (Å²) in [7, 11) is 0. The lowest BCUT2D eigenvalue weighted by molar-refractivity contribution is 0.143. The maximum atomic E-state index is 4.92. The van der Waals surface area contributed by atoms with Gasteiger partial charge in [-0.15, -0.1) is 11.8 Å². The number of benzene rings is 1. The van der Waals surface area contributed by atoms with E-state index >= 15 is 0 Å². The Balaban J connectivity index is 2.45. The second-order valence-corrected chi connectivity index (χ2v) is 4.40. The van der Waals surface area contributed by atoms with Crippen molar-refractivity contribution in [2.45, 2.75) is 18.2 Å². The van der Waals surface area contributed by atoms with Crippen LogP contribution in [0.2, 0.25) is 0 Å². The van der Waals surface area contributed by atoms with Gasteiger partial charge in [-0.2, -0.15) is 0 Å². The van der Waals surface area contributed by atoms with Crippen molar-refractivity contribution in [1.82, 2.24) is 0 Å². The van der Waals surface area contributed by atoms with Crippen molar-refractivity contribution >= 4 is 17.8 Å². The van der Waals surface area contributed by atoms with E-state index in [1.165, 1.54) is 10.5 Å². The van der Waals surface area contributed by atoms with Gasteiger partial charge in [0.25, 0.3) is 0 Å². The lowest BCUT2D eigenvalue weighted by atomic mass is 10.2. The summed E-state index contributed by atoms with van der Waals surface area (Å²) in [4.78, 5) is 5.80. The number of hydrogen-bond acceptors (Lipinski definition) is 3. The molecule has 1 rings (SSSR count). The van der Waals surface area contributed by atoms with Gasteiger partial charge in [0.1, 0.15) is 0 Å². The molecule has 0 fully saturated rings. The highest BCUT2D eigenvalue weighted by molar-refractivity contribution is 7.99. The molecule has 0 aromatic heterocycles. The van der Waals surface area contributed by atoms with Crippen molar-refractivity contribution < 1.29 is 4.84 Å². The molecule has 3 heteroatoms. The lowest BCUT2D eigenvalue weighted by Crippen LogP contribution is -1.98. The number of thioether (sulfide) groups is 1. The highest BCUT2D eigenvalue weighted by Gasteiger charge is 1.91. The first-order valence-corrected chi connectivity index (χ1v) is 6.06. The number of rotatable bonds is 6. The van der Waals surface area contributed by atoms with E-state index < -0.39 is 0 Å². The van der Waals surface area contributed by atoms with E-state index in [4.69, 9.17) is 5.90 Å². The normalized spacial score (nSPS) is 11.1. The third-order valence-electron chi connectivity index (χ3n) is 1.90. The molecule has 0 aliphatic heterocycles. The summed E-state index contributed by atoms with van der Waals surface area (Å²) in [5.41, 5.74) is 1.22. The molecule has 0 heterocycles. The van der Waals surface area contributed by atoms with Crippen molar-refractivity contribution in [2.24, 2.45) is 5.90 Å². The van der Waals surface area contributed by atoms with Gasteiger partial charge < -0.3 is 4.84 Å². The third-order valence-corrected chi connectivity index (χ3v) is 2.80. The molecular formula is C12H17NOS. The zero-order valence-electron chi connectivity index (χ0n) is 8.98. The van der Waals surface area contributed by atoms with Gasteiger partial charge in [0.05, 0.1) is 6.61 Å². The van der Waals surface area contributed by atoms with Crippen molar-refractivity contribution in [1.29, 1.82) is 0 Å². The smallest absolute Gasteiger partial charge is 0.0713 e. The molecule has 0 saturated heterocycles. The van der Waals surface area contributed by atoms with Crippen LogP contribution in [0.3, 0.4) is 0 Å². The quantitative estimate of drug-likeness (QED) is 0.457. The largest absolute Gasteiger partial charge is 0.304 e. The number of hydrogen-bond donors (Lipinski definition) is 1. The highest BCUT2D eigenvalue weighted by atomic mass is 32.2. The minimum Gasteiger partial charge on any atom is -0.304 e. The van der Waals surface area contributed by atoms with Gasteiger partial charge in [0.2, 0.25) is 0 Å². The van der Waals surface area contributed by atoms with Crippen molar-refractivity contribution in [3.63, 3.8) is 0 Å². The third kappa shape index (κ3) is 5.02. The Hall–Kier alpha value is -0.770. The molecule has 0 aliphatic rings. The highest BCUT2D eigenvalue weighted by Crippen LogP contribution is 2.18. The van der Waals surface area contributed by atoms with E-state index in [9.17, 15) is 0 Å². The molecule has 0 bridgehead atoms. The summed E-state index contributed by atoms with van der Waals surface area (Å²) >= 11 is 1.86. The fourth-order valence-electron chi connectivity index (χ4n) is 1.20. The Morgan fingerprint density at radius 1 is 1.33 bits per heavy atom. The lowest BCUT2D eigenvalue weighted by Gasteiger charge is -1.98. The molecule has 1 aromatic rings. The van der Waals surface area contributed by atoms with E-state index in [0.717, 1.165) is 12.2 Å². The molecule has 82 valence electrons. The van der Waals surface area contributed by atoms with Gasteiger partial charge in [0, 0.05) is 4.90 Å². The summed E-state index contributed by atoms with van der Waals surface area (Å²) in [5.74, 6) is 6.04. The first-order chi connectivity index (χ1) is 7.36. The Morgan fingerprint density at radius 3 is 2.67 bits per heavy atom. The second kappa shape index (κ2) is 7.51. The molecule has 0 radical (unpaired) electrons. The zero-order valence-corrected chi connectivity index (χ0v) is 9.80. The topological polar surface area (TPSA) is 35.2 Å². The summed E-state index contributed by atoms with van der Waals surface area (Å²) in [6.45, 7) is 2.73. The molecule has 0 amide bonds. The first kappa shape index (κ1) is 12.3. The average molecular weight is 223 g/mol. The van der Waals surface area contributed by atoms with Crippen LogP contribution in [0.4, 0.5) is 0 Å². The molecule has 2 nitrogen and oxygen atoms in total. The molecule has 0 atom stereocenters. The minimum atomic E-state index is 0.570. The summed E-state index contributed by atoms with van der Waals surface area (Å²) in [6, 6.07) is 8.54. The Labute approximate surface area is 95.5 Å².